The van der Waals surface area contributed by atoms with Gasteiger partial charge in [-0.05, 0) is 35.6 Å². The van der Waals surface area contributed by atoms with Crippen molar-refractivity contribution >= 4 is 5.97 Å². The summed E-state index contributed by atoms with van der Waals surface area (Å²) in [5.74, 6) is 0.170. The van der Waals surface area contributed by atoms with Crippen molar-refractivity contribution < 1.29 is 9.90 Å². The molecule has 1 aliphatic carbocycles. The Balaban J connectivity index is 1.91. The van der Waals surface area contributed by atoms with E-state index in [9.17, 15) is 4.79 Å². The van der Waals surface area contributed by atoms with E-state index in [1.807, 2.05) is 6.92 Å². The van der Waals surface area contributed by atoms with E-state index in [-0.39, 0.29) is 5.92 Å². The number of aliphatic carboxylic acids is 1. The second kappa shape index (κ2) is 5.22. The molecule has 1 aromatic rings. The van der Waals surface area contributed by atoms with Gasteiger partial charge in [0.25, 0.3) is 0 Å². The topological polar surface area (TPSA) is 92.9 Å². The van der Waals surface area contributed by atoms with Crippen LogP contribution >= 0.6 is 0 Å². The van der Waals surface area contributed by atoms with Gasteiger partial charge in [-0.25, -0.2) is 4.68 Å². The summed E-state index contributed by atoms with van der Waals surface area (Å²) in [5.41, 5.74) is 0. The van der Waals surface area contributed by atoms with Crippen molar-refractivity contribution in [3.8, 4) is 0 Å². The molecule has 1 saturated carbocycles. The number of aromatic nitrogens is 4. The van der Waals surface area contributed by atoms with Gasteiger partial charge < -0.3 is 5.11 Å². The Labute approximate surface area is 99.2 Å². The molecule has 1 atom stereocenters. The van der Waals surface area contributed by atoms with E-state index in [0.29, 0.717) is 12.4 Å². The molecular formula is C10H17N5O2. The van der Waals surface area contributed by atoms with Crippen LogP contribution in [0.2, 0.25) is 0 Å². The molecule has 1 fully saturated rings. The van der Waals surface area contributed by atoms with Gasteiger partial charge in [0, 0.05) is 6.54 Å². The zero-order valence-electron chi connectivity index (χ0n) is 9.83. The summed E-state index contributed by atoms with van der Waals surface area (Å²) in [6.07, 6.45) is 2.93. The molecule has 0 aromatic carbocycles. The molecule has 17 heavy (non-hydrogen) atoms. The third kappa shape index (κ3) is 3.00. The van der Waals surface area contributed by atoms with Gasteiger partial charge in [-0.2, -0.15) is 0 Å². The van der Waals surface area contributed by atoms with E-state index in [2.05, 4.69) is 20.8 Å². The zero-order valence-corrected chi connectivity index (χ0v) is 9.83. The third-order valence-electron chi connectivity index (χ3n) is 2.88. The highest BCUT2D eigenvalue weighted by Crippen LogP contribution is 2.32. The summed E-state index contributed by atoms with van der Waals surface area (Å²) >= 11 is 0. The quantitative estimate of drug-likeness (QED) is 0.697. The third-order valence-corrected chi connectivity index (χ3v) is 2.88. The molecule has 7 heteroatoms. The normalized spacial score (nSPS) is 17.0. The fourth-order valence-corrected chi connectivity index (χ4v) is 1.82. The number of nitrogens with zero attached hydrogens (tertiary/aromatic N) is 4. The number of rotatable bonds is 7. The summed E-state index contributed by atoms with van der Waals surface area (Å²) in [6, 6.07) is -0.471. The summed E-state index contributed by atoms with van der Waals surface area (Å²) in [7, 11) is 0. The lowest BCUT2D eigenvalue weighted by molar-refractivity contribution is -0.140. The number of carboxylic acid groups (broad SMARTS) is 1. The number of nitrogens with one attached hydrogen (secondary N) is 1. The molecular weight excluding hydrogens is 222 g/mol. The minimum atomic E-state index is -0.790. The van der Waals surface area contributed by atoms with E-state index < -0.39 is 12.0 Å². The Morgan fingerprint density at radius 1 is 1.65 bits per heavy atom. The van der Waals surface area contributed by atoms with E-state index in [1.54, 1.807) is 4.68 Å². The highest BCUT2D eigenvalue weighted by molar-refractivity contribution is 5.74. The van der Waals surface area contributed by atoms with Crippen molar-refractivity contribution in [1.82, 2.24) is 25.5 Å². The largest absolute Gasteiger partial charge is 0.480 e. The summed E-state index contributed by atoms with van der Waals surface area (Å²) in [6.45, 7) is 3.20. The predicted octanol–water partition coefficient (Wildman–Crippen LogP) is 0.0359. The molecule has 1 unspecified atom stereocenters. The predicted molar refractivity (Wildman–Crippen MR) is 59.1 cm³/mol. The molecule has 0 aliphatic heterocycles. The van der Waals surface area contributed by atoms with E-state index >= 15 is 0 Å². The van der Waals surface area contributed by atoms with Crippen LogP contribution in [0.3, 0.4) is 0 Å². The van der Waals surface area contributed by atoms with Crippen molar-refractivity contribution in [2.75, 3.05) is 0 Å². The average molecular weight is 239 g/mol. The van der Waals surface area contributed by atoms with Crippen molar-refractivity contribution in [2.45, 2.75) is 45.3 Å². The molecule has 0 radical (unpaired) electrons. The molecule has 2 rings (SSSR count). The van der Waals surface area contributed by atoms with Gasteiger partial charge in [-0.15, -0.1) is 5.10 Å². The lowest BCUT2D eigenvalue weighted by atomic mass is 10.2. The number of carboxylic acids is 1. The van der Waals surface area contributed by atoms with Gasteiger partial charge >= 0.3 is 5.97 Å². The first kappa shape index (κ1) is 12.0. The second-order valence-electron chi connectivity index (χ2n) is 4.35. The van der Waals surface area contributed by atoms with Crippen molar-refractivity contribution in [3.05, 3.63) is 5.82 Å². The van der Waals surface area contributed by atoms with Crippen LogP contribution in [0.25, 0.3) is 0 Å². The lowest BCUT2D eigenvalue weighted by Gasteiger charge is -2.12. The SMILES string of the molecule is CCCn1nnnc1CNC(C(=O)O)C1CC1. The fraction of sp³-hybridized carbons (Fsp3) is 0.800. The maximum Gasteiger partial charge on any atom is 0.320 e. The zero-order chi connectivity index (χ0) is 12.3. The van der Waals surface area contributed by atoms with Crippen LogP contribution in [-0.4, -0.2) is 37.3 Å². The number of tetrazole rings is 1. The molecule has 0 saturated heterocycles. The molecule has 1 heterocycles. The van der Waals surface area contributed by atoms with Crippen molar-refractivity contribution in [3.63, 3.8) is 0 Å². The van der Waals surface area contributed by atoms with Gasteiger partial charge in [-0.3, -0.25) is 10.1 Å². The van der Waals surface area contributed by atoms with Gasteiger partial charge in [0.15, 0.2) is 5.82 Å². The minimum Gasteiger partial charge on any atom is -0.480 e. The Bertz CT molecular complexity index is 388. The molecule has 0 bridgehead atoms. The summed E-state index contributed by atoms with van der Waals surface area (Å²) in [4.78, 5) is 11.0. The molecule has 94 valence electrons. The smallest absolute Gasteiger partial charge is 0.320 e. The van der Waals surface area contributed by atoms with E-state index in [4.69, 9.17) is 5.11 Å². The Hall–Kier alpha value is -1.50. The van der Waals surface area contributed by atoms with Crippen LogP contribution in [-0.2, 0) is 17.9 Å². The molecule has 0 amide bonds. The molecule has 1 aliphatic rings. The highest BCUT2D eigenvalue weighted by atomic mass is 16.4. The molecule has 0 spiro atoms. The van der Waals surface area contributed by atoms with Gasteiger partial charge in [0.1, 0.15) is 6.04 Å². The summed E-state index contributed by atoms with van der Waals surface area (Å²) in [5, 5.41) is 23.4. The first-order chi connectivity index (χ1) is 8.22. The lowest BCUT2D eigenvalue weighted by Crippen LogP contribution is -2.38. The first-order valence-corrected chi connectivity index (χ1v) is 5.93. The van der Waals surface area contributed by atoms with E-state index in [0.717, 1.165) is 25.8 Å². The van der Waals surface area contributed by atoms with Crippen LogP contribution in [0.1, 0.15) is 32.0 Å². The van der Waals surface area contributed by atoms with Crippen LogP contribution in [0.5, 0.6) is 0 Å². The highest BCUT2D eigenvalue weighted by Gasteiger charge is 2.35. The molecule has 1 aromatic heterocycles. The van der Waals surface area contributed by atoms with E-state index in [1.165, 1.54) is 0 Å². The van der Waals surface area contributed by atoms with Gasteiger partial charge in [-0.1, -0.05) is 6.92 Å². The molecule has 2 N–H and O–H groups in total. The minimum absolute atomic E-state index is 0.267. The van der Waals surface area contributed by atoms with Crippen LogP contribution in [0, 0.1) is 5.92 Å². The number of hydrogen-bond donors (Lipinski definition) is 2. The van der Waals surface area contributed by atoms with Crippen molar-refractivity contribution in [2.24, 2.45) is 5.92 Å². The maximum absolute atomic E-state index is 11.0. The van der Waals surface area contributed by atoms with Gasteiger partial charge in [0.2, 0.25) is 0 Å². The average Bonchev–Trinajstić information content (AvgIpc) is 3.02. The van der Waals surface area contributed by atoms with Crippen LogP contribution < -0.4 is 5.32 Å². The standard InChI is InChI=1S/C10H17N5O2/c1-2-5-15-8(12-13-14-15)6-11-9(10(16)17)7-3-4-7/h7,9,11H,2-6H2,1H3,(H,16,17). The van der Waals surface area contributed by atoms with Crippen molar-refractivity contribution in [1.29, 1.82) is 0 Å². The van der Waals surface area contributed by atoms with Crippen LogP contribution in [0.15, 0.2) is 0 Å². The Kier molecular flexibility index (Phi) is 3.68. The fourth-order valence-electron chi connectivity index (χ4n) is 1.82. The number of aryl methyl sites for hydroxylation is 1. The second-order valence-corrected chi connectivity index (χ2v) is 4.35. The molecule has 7 nitrogen and oxygen atoms in total. The Morgan fingerprint density at radius 2 is 2.41 bits per heavy atom. The van der Waals surface area contributed by atoms with Crippen LogP contribution in [0.4, 0.5) is 0 Å². The first-order valence-electron chi connectivity index (χ1n) is 5.93. The Morgan fingerprint density at radius 3 is 3.00 bits per heavy atom. The van der Waals surface area contributed by atoms with Gasteiger partial charge in [0.05, 0.1) is 6.54 Å². The summed E-state index contributed by atoms with van der Waals surface area (Å²) < 4.78 is 1.71. The monoisotopic (exact) mass is 239 g/mol. The maximum atomic E-state index is 11.0. The number of carbonyl (C=O) groups is 1. The number of hydrogen-bond acceptors (Lipinski definition) is 5.